The van der Waals surface area contributed by atoms with E-state index in [0.717, 1.165) is 11.2 Å². The van der Waals surface area contributed by atoms with Crippen LogP contribution in [0.5, 0.6) is 0 Å². The third kappa shape index (κ3) is 3.35. The molecule has 0 N–H and O–H groups in total. The Morgan fingerprint density at radius 3 is 1.70 bits per heavy atom. The van der Waals surface area contributed by atoms with Gasteiger partial charge < -0.3 is 4.42 Å². The van der Waals surface area contributed by atoms with Crippen LogP contribution < -0.4 is 0 Å². The Hall–Kier alpha value is -5.66. The number of benzene rings is 8. The first-order chi connectivity index (χ1) is 22.6. The molecule has 1 heteroatoms. The Morgan fingerprint density at radius 2 is 1.00 bits per heavy atom. The van der Waals surface area contributed by atoms with Crippen molar-refractivity contribution in [1.29, 1.82) is 0 Å². The van der Waals surface area contributed by atoms with E-state index in [1.165, 1.54) is 87.6 Å². The van der Waals surface area contributed by atoms with Crippen molar-refractivity contribution in [3.63, 3.8) is 0 Å². The van der Waals surface area contributed by atoms with Gasteiger partial charge in [0.1, 0.15) is 11.2 Å². The largest absolute Gasteiger partial charge is 0.456 e. The second-order valence-corrected chi connectivity index (χ2v) is 13.2. The van der Waals surface area contributed by atoms with E-state index in [0.29, 0.717) is 0 Å². The van der Waals surface area contributed by atoms with Crippen molar-refractivity contribution in [1.82, 2.24) is 0 Å². The minimum Gasteiger partial charge on any atom is -0.456 e. The van der Waals surface area contributed by atoms with Gasteiger partial charge in [-0.05, 0) is 89.6 Å². The lowest BCUT2D eigenvalue weighted by molar-refractivity contribution is 0.661. The molecule has 0 bridgehead atoms. The lowest BCUT2D eigenvalue weighted by atomic mass is 9.80. The highest BCUT2D eigenvalue weighted by molar-refractivity contribution is 6.25. The van der Waals surface area contributed by atoms with Crippen LogP contribution >= 0.6 is 0 Å². The first-order valence-electron chi connectivity index (χ1n) is 16.1. The molecule has 1 aliphatic carbocycles. The van der Waals surface area contributed by atoms with Crippen LogP contribution in [0, 0.1) is 0 Å². The molecule has 0 fully saturated rings. The van der Waals surface area contributed by atoms with Crippen LogP contribution in [0.4, 0.5) is 0 Å². The molecule has 0 unspecified atom stereocenters. The van der Waals surface area contributed by atoms with Crippen LogP contribution in [-0.4, -0.2) is 0 Å². The third-order valence-corrected chi connectivity index (χ3v) is 10.4. The van der Waals surface area contributed by atoms with Crippen LogP contribution in [0.25, 0.3) is 87.6 Å². The zero-order valence-electron chi connectivity index (χ0n) is 25.8. The highest BCUT2D eigenvalue weighted by atomic mass is 16.3. The molecule has 1 aromatic heterocycles. The summed E-state index contributed by atoms with van der Waals surface area (Å²) in [6.07, 6.45) is 0. The van der Waals surface area contributed by atoms with Crippen molar-refractivity contribution in [3.8, 4) is 33.4 Å². The van der Waals surface area contributed by atoms with Gasteiger partial charge in [0.2, 0.25) is 0 Å². The smallest absolute Gasteiger partial charge is 0.136 e. The van der Waals surface area contributed by atoms with Crippen LogP contribution in [0.1, 0.15) is 25.0 Å². The minimum atomic E-state index is -0.161. The molecule has 46 heavy (non-hydrogen) atoms. The fraction of sp³-hybridized carbons (Fsp3) is 0.0667. The molecule has 0 spiro atoms. The molecular weight excluding hydrogens is 556 g/mol. The van der Waals surface area contributed by atoms with Crippen molar-refractivity contribution in [2.75, 3.05) is 0 Å². The molecule has 8 aromatic carbocycles. The lowest BCUT2D eigenvalue weighted by Gasteiger charge is -2.23. The van der Waals surface area contributed by atoms with Gasteiger partial charge in [0.15, 0.2) is 0 Å². The highest BCUT2D eigenvalue weighted by Gasteiger charge is 2.37. The zero-order valence-corrected chi connectivity index (χ0v) is 25.8. The normalized spacial score (nSPS) is 13.6. The summed E-state index contributed by atoms with van der Waals surface area (Å²) in [4.78, 5) is 0. The van der Waals surface area contributed by atoms with Crippen molar-refractivity contribution in [2.24, 2.45) is 0 Å². The molecule has 1 heterocycles. The van der Waals surface area contributed by atoms with Crippen LogP contribution in [0.3, 0.4) is 0 Å². The molecule has 216 valence electrons. The Balaban J connectivity index is 1.28. The van der Waals surface area contributed by atoms with E-state index < -0.39 is 0 Å². The summed E-state index contributed by atoms with van der Waals surface area (Å²) in [6.45, 7) is 4.77. The van der Waals surface area contributed by atoms with Gasteiger partial charge in [-0.3, -0.25) is 0 Å². The number of furan rings is 1. The average molecular weight is 587 g/mol. The van der Waals surface area contributed by atoms with Gasteiger partial charge in [0, 0.05) is 21.6 Å². The van der Waals surface area contributed by atoms with Crippen molar-refractivity contribution >= 4 is 54.3 Å². The van der Waals surface area contributed by atoms with E-state index >= 15 is 0 Å². The molecule has 0 atom stereocenters. The molecule has 9 aromatic rings. The molecule has 1 nitrogen and oxygen atoms in total. The lowest BCUT2D eigenvalue weighted by Crippen LogP contribution is -2.15. The van der Waals surface area contributed by atoms with Crippen molar-refractivity contribution < 1.29 is 4.42 Å². The van der Waals surface area contributed by atoms with E-state index in [2.05, 4.69) is 159 Å². The summed E-state index contributed by atoms with van der Waals surface area (Å²) >= 11 is 0. The Bertz CT molecular complexity index is 2650. The van der Waals surface area contributed by atoms with Crippen LogP contribution in [0.15, 0.2) is 150 Å². The number of para-hydroxylation sites is 1. The molecule has 0 saturated heterocycles. The van der Waals surface area contributed by atoms with Crippen molar-refractivity contribution in [3.05, 3.63) is 157 Å². The van der Waals surface area contributed by atoms with Gasteiger partial charge in [-0.15, -0.1) is 0 Å². The summed E-state index contributed by atoms with van der Waals surface area (Å²) < 4.78 is 6.36. The number of rotatable bonds is 2. The van der Waals surface area contributed by atoms with E-state index in [4.69, 9.17) is 4.42 Å². The van der Waals surface area contributed by atoms with E-state index in [1.54, 1.807) is 0 Å². The number of fused-ring (bicyclic) bond motifs is 11. The summed E-state index contributed by atoms with van der Waals surface area (Å²) in [6, 6.07) is 53.3. The second-order valence-electron chi connectivity index (χ2n) is 13.2. The summed E-state index contributed by atoms with van der Waals surface area (Å²) in [5.41, 5.74) is 12.2. The van der Waals surface area contributed by atoms with Gasteiger partial charge in [-0.25, -0.2) is 0 Å². The molecule has 0 radical (unpaired) electrons. The monoisotopic (exact) mass is 586 g/mol. The maximum absolute atomic E-state index is 6.36. The predicted octanol–water partition coefficient (Wildman–Crippen LogP) is 12.7. The quantitative estimate of drug-likeness (QED) is 0.184. The zero-order chi connectivity index (χ0) is 30.6. The van der Waals surface area contributed by atoms with Crippen LogP contribution in [-0.2, 0) is 5.41 Å². The highest BCUT2D eigenvalue weighted by Crippen LogP contribution is 2.54. The Kier molecular flexibility index (Phi) is 5.12. The molecule has 0 aliphatic heterocycles. The average Bonchev–Trinajstić information content (AvgIpc) is 3.59. The van der Waals surface area contributed by atoms with Gasteiger partial charge in [-0.2, -0.15) is 0 Å². The van der Waals surface area contributed by atoms with Gasteiger partial charge in [-0.1, -0.05) is 141 Å². The SMILES string of the molecule is CC1(C)c2cc(-c3c4ccccc4c(-c4ccccc4)c4ccccc34)ccc2-c2c1ccc1ccc3oc4ccccc4c3c21. The first-order valence-corrected chi connectivity index (χ1v) is 16.1. The molecule has 1 aliphatic rings. The summed E-state index contributed by atoms with van der Waals surface area (Å²) in [5.74, 6) is 0. The van der Waals surface area contributed by atoms with E-state index in [-0.39, 0.29) is 5.41 Å². The van der Waals surface area contributed by atoms with Gasteiger partial charge in [0.05, 0.1) is 0 Å². The number of hydrogen-bond acceptors (Lipinski definition) is 1. The van der Waals surface area contributed by atoms with Gasteiger partial charge in [0.25, 0.3) is 0 Å². The molecule has 10 rings (SSSR count). The topological polar surface area (TPSA) is 13.1 Å². The fourth-order valence-corrected chi connectivity index (χ4v) is 8.37. The standard InChI is InChI=1S/C45H30O/c1-45(2)36-24-21-28-22-25-39-44(35-18-10-11-19-38(35)46-39)42(28)43(36)34-23-20-29(26-37(34)45)41-32-16-8-6-14-30(32)40(27-12-4-3-5-13-27)31-15-7-9-17-33(31)41/h3-26H,1-2H3. The maximum Gasteiger partial charge on any atom is 0.136 e. The van der Waals surface area contributed by atoms with Crippen LogP contribution in [0.2, 0.25) is 0 Å². The first kappa shape index (κ1) is 25.6. The predicted molar refractivity (Wildman–Crippen MR) is 195 cm³/mol. The van der Waals surface area contributed by atoms with Crippen molar-refractivity contribution in [2.45, 2.75) is 19.3 Å². The second kappa shape index (κ2) is 9.19. The molecular formula is C45H30O. The summed E-state index contributed by atoms with van der Waals surface area (Å²) in [5, 5.41) is 10.1. The fourth-order valence-electron chi connectivity index (χ4n) is 8.37. The molecule has 0 amide bonds. The van der Waals surface area contributed by atoms with Gasteiger partial charge >= 0.3 is 0 Å². The summed E-state index contributed by atoms with van der Waals surface area (Å²) in [7, 11) is 0. The maximum atomic E-state index is 6.36. The van der Waals surface area contributed by atoms with E-state index in [9.17, 15) is 0 Å². The Labute approximate surface area is 267 Å². The minimum absolute atomic E-state index is 0.161. The molecule has 0 saturated carbocycles. The van der Waals surface area contributed by atoms with E-state index in [1.807, 2.05) is 0 Å². The third-order valence-electron chi connectivity index (χ3n) is 10.4. The number of hydrogen-bond donors (Lipinski definition) is 0. The Morgan fingerprint density at radius 1 is 0.413 bits per heavy atom.